The standard InChI is InChI=1S/C23H18N2O4S/c1-28-25-20(14-22(26)29-17-6-3-2-4-7-17)19-13-16-12-15(21-8-5-11-30-21)9-10-18(16)24(19)23(25)27/h2-13,20H,14H2,1H3. The molecule has 0 saturated heterocycles. The lowest BCUT2D eigenvalue weighted by Gasteiger charge is -2.20. The average Bonchev–Trinajstić information content (AvgIpc) is 3.46. The van der Waals surface area contributed by atoms with Crippen LogP contribution in [0.5, 0.6) is 5.75 Å². The Morgan fingerprint density at radius 1 is 1.07 bits per heavy atom. The van der Waals surface area contributed by atoms with Crippen LogP contribution in [0.2, 0.25) is 0 Å². The van der Waals surface area contributed by atoms with Crippen LogP contribution in [0.25, 0.3) is 21.3 Å². The van der Waals surface area contributed by atoms with E-state index in [1.54, 1.807) is 40.2 Å². The Kier molecular flexibility index (Phi) is 4.61. The van der Waals surface area contributed by atoms with E-state index in [9.17, 15) is 9.59 Å². The summed E-state index contributed by atoms with van der Waals surface area (Å²) >= 11 is 1.67. The van der Waals surface area contributed by atoms with Gasteiger partial charge in [0, 0.05) is 10.3 Å². The monoisotopic (exact) mass is 418 g/mol. The van der Waals surface area contributed by atoms with E-state index in [0.717, 1.165) is 21.3 Å². The average molecular weight is 418 g/mol. The van der Waals surface area contributed by atoms with Gasteiger partial charge in [0.25, 0.3) is 0 Å². The summed E-state index contributed by atoms with van der Waals surface area (Å²) in [4.78, 5) is 32.0. The minimum absolute atomic E-state index is 0.0113. The Balaban J connectivity index is 1.49. The third kappa shape index (κ3) is 3.08. The van der Waals surface area contributed by atoms with Crippen molar-refractivity contribution in [2.45, 2.75) is 12.5 Å². The van der Waals surface area contributed by atoms with Crippen molar-refractivity contribution in [3.05, 3.63) is 77.8 Å². The third-order valence-corrected chi connectivity index (χ3v) is 6.09. The van der Waals surface area contributed by atoms with E-state index in [1.165, 1.54) is 12.2 Å². The van der Waals surface area contributed by atoms with E-state index in [0.29, 0.717) is 11.4 Å². The van der Waals surface area contributed by atoms with E-state index in [2.05, 4.69) is 12.1 Å². The van der Waals surface area contributed by atoms with E-state index in [4.69, 9.17) is 9.57 Å². The highest BCUT2D eigenvalue weighted by molar-refractivity contribution is 7.13. The maximum absolute atomic E-state index is 13.0. The van der Waals surface area contributed by atoms with Crippen molar-refractivity contribution in [2.24, 2.45) is 0 Å². The lowest BCUT2D eigenvalue weighted by atomic mass is 10.1. The van der Waals surface area contributed by atoms with Crippen LogP contribution in [0.1, 0.15) is 18.2 Å². The van der Waals surface area contributed by atoms with Crippen LogP contribution in [0.4, 0.5) is 4.79 Å². The number of fused-ring (bicyclic) bond motifs is 3. The first-order valence-corrected chi connectivity index (χ1v) is 10.4. The van der Waals surface area contributed by atoms with Gasteiger partial charge >= 0.3 is 12.0 Å². The van der Waals surface area contributed by atoms with Crippen LogP contribution < -0.4 is 4.74 Å². The summed E-state index contributed by atoms with van der Waals surface area (Å²) < 4.78 is 7.03. The van der Waals surface area contributed by atoms with Crippen LogP contribution in [-0.4, -0.2) is 28.7 Å². The number of amides is 1. The summed E-state index contributed by atoms with van der Waals surface area (Å²) in [6, 6.07) is 20.0. The molecule has 0 saturated carbocycles. The van der Waals surface area contributed by atoms with E-state index in [1.807, 2.05) is 35.7 Å². The Morgan fingerprint density at radius 3 is 2.63 bits per heavy atom. The van der Waals surface area contributed by atoms with Gasteiger partial charge in [-0.25, -0.2) is 4.79 Å². The Bertz CT molecular complexity index is 1230. The summed E-state index contributed by atoms with van der Waals surface area (Å²) in [5.41, 5.74) is 2.60. The van der Waals surface area contributed by atoms with E-state index < -0.39 is 12.0 Å². The molecule has 7 heteroatoms. The Labute approximate surface area is 176 Å². The predicted octanol–water partition coefficient (Wildman–Crippen LogP) is 5.25. The first-order valence-electron chi connectivity index (χ1n) is 9.48. The fourth-order valence-corrected chi connectivity index (χ4v) is 4.58. The zero-order chi connectivity index (χ0) is 20.7. The van der Waals surface area contributed by atoms with E-state index >= 15 is 0 Å². The molecular formula is C23H18N2O4S. The second-order valence-electron chi connectivity index (χ2n) is 6.95. The summed E-state index contributed by atoms with van der Waals surface area (Å²) in [6.45, 7) is 0. The minimum atomic E-state index is -0.559. The van der Waals surface area contributed by atoms with Crippen LogP contribution in [0.15, 0.2) is 72.1 Å². The van der Waals surface area contributed by atoms with Gasteiger partial charge in [-0.1, -0.05) is 30.3 Å². The quantitative estimate of drug-likeness (QED) is 0.328. The molecule has 5 rings (SSSR count). The molecule has 1 aliphatic heterocycles. The highest BCUT2D eigenvalue weighted by Crippen LogP contribution is 2.38. The van der Waals surface area contributed by atoms with Gasteiger partial charge < -0.3 is 4.74 Å². The first kappa shape index (κ1) is 18.6. The molecule has 6 nitrogen and oxygen atoms in total. The van der Waals surface area contributed by atoms with Gasteiger partial charge in [0.15, 0.2) is 0 Å². The van der Waals surface area contributed by atoms with Crippen molar-refractivity contribution < 1.29 is 19.2 Å². The van der Waals surface area contributed by atoms with Gasteiger partial charge in [-0.15, -0.1) is 11.3 Å². The molecule has 1 unspecified atom stereocenters. The highest BCUT2D eigenvalue weighted by Gasteiger charge is 2.40. The maximum Gasteiger partial charge on any atom is 0.353 e. The molecule has 30 heavy (non-hydrogen) atoms. The molecule has 0 N–H and O–H groups in total. The Hall–Kier alpha value is -3.42. The molecule has 0 bridgehead atoms. The fraction of sp³-hybridized carbons (Fsp3) is 0.130. The van der Waals surface area contributed by atoms with Gasteiger partial charge in [-0.3, -0.25) is 14.2 Å². The normalized spacial score (nSPS) is 15.6. The van der Waals surface area contributed by atoms with Crippen molar-refractivity contribution in [2.75, 3.05) is 7.11 Å². The molecule has 1 aliphatic rings. The molecule has 2 aromatic carbocycles. The summed E-state index contributed by atoms with van der Waals surface area (Å²) in [5, 5.41) is 4.21. The predicted molar refractivity (Wildman–Crippen MR) is 114 cm³/mol. The van der Waals surface area contributed by atoms with Crippen molar-refractivity contribution >= 4 is 34.2 Å². The molecule has 4 aromatic rings. The molecular weight excluding hydrogens is 400 g/mol. The van der Waals surface area contributed by atoms with Crippen molar-refractivity contribution in [3.63, 3.8) is 0 Å². The SMILES string of the molecule is CON1C(=O)n2c(cc3cc(-c4cccs4)ccc32)C1CC(=O)Oc1ccccc1. The Morgan fingerprint density at radius 2 is 1.90 bits per heavy atom. The van der Waals surface area contributed by atoms with Gasteiger partial charge in [0.2, 0.25) is 0 Å². The number of nitrogens with zero attached hydrogens (tertiary/aromatic N) is 2. The molecule has 1 amide bonds. The molecule has 150 valence electrons. The van der Waals surface area contributed by atoms with E-state index in [-0.39, 0.29) is 12.5 Å². The number of aromatic nitrogens is 1. The number of hydrogen-bond acceptors (Lipinski definition) is 5. The smallest absolute Gasteiger partial charge is 0.353 e. The van der Waals surface area contributed by atoms with Gasteiger partial charge in [-0.2, -0.15) is 5.06 Å². The topological polar surface area (TPSA) is 60.8 Å². The summed E-state index contributed by atoms with van der Waals surface area (Å²) in [5.74, 6) is 0.0379. The van der Waals surface area contributed by atoms with Crippen LogP contribution in [0, 0.1) is 0 Å². The van der Waals surface area contributed by atoms with Crippen LogP contribution in [-0.2, 0) is 9.63 Å². The van der Waals surface area contributed by atoms with Gasteiger partial charge in [0.1, 0.15) is 11.8 Å². The van der Waals surface area contributed by atoms with Crippen LogP contribution >= 0.6 is 11.3 Å². The van der Waals surface area contributed by atoms with Gasteiger partial charge in [0.05, 0.1) is 24.7 Å². The summed E-state index contributed by atoms with van der Waals surface area (Å²) in [7, 11) is 1.43. The summed E-state index contributed by atoms with van der Waals surface area (Å²) in [6.07, 6.45) is -0.0113. The van der Waals surface area contributed by atoms with Crippen molar-refractivity contribution in [1.29, 1.82) is 0 Å². The largest absolute Gasteiger partial charge is 0.426 e. The molecule has 0 radical (unpaired) electrons. The number of para-hydroxylation sites is 1. The highest BCUT2D eigenvalue weighted by atomic mass is 32.1. The third-order valence-electron chi connectivity index (χ3n) is 5.17. The number of hydroxylamine groups is 2. The lowest BCUT2D eigenvalue weighted by Crippen LogP contribution is -2.30. The molecule has 3 heterocycles. The molecule has 2 aromatic heterocycles. The number of benzene rings is 2. The number of ether oxygens (including phenoxy) is 1. The zero-order valence-corrected chi connectivity index (χ0v) is 17.0. The molecule has 0 spiro atoms. The first-order chi connectivity index (χ1) is 14.7. The second-order valence-corrected chi connectivity index (χ2v) is 7.90. The zero-order valence-electron chi connectivity index (χ0n) is 16.1. The second kappa shape index (κ2) is 7.44. The number of rotatable bonds is 5. The number of carbonyl (C=O) groups excluding carboxylic acids is 2. The van der Waals surface area contributed by atoms with Crippen molar-refractivity contribution in [3.8, 4) is 16.2 Å². The van der Waals surface area contributed by atoms with Crippen LogP contribution in [0.3, 0.4) is 0 Å². The lowest BCUT2D eigenvalue weighted by molar-refractivity contribution is -0.143. The number of carbonyl (C=O) groups is 2. The molecule has 1 atom stereocenters. The van der Waals surface area contributed by atoms with Crippen molar-refractivity contribution in [1.82, 2.24) is 9.63 Å². The van der Waals surface area contributed by atoms with Gasteiger partial charge in [-0.05, 0) is 47.3 Å². The maximum atomic E-state index is 13.0. The number of esters is 1. The minimum Gasteiger partial charge on any atom is -0.426 e. The number of hydrogen-bond donors (Lipinski definition) is 0. The fourth-order valence-electron chi connectivity index (χ4n) is 3.86. The molecule has 0 aliphatic carbocycles. The number of thiophene rings is 1. The molecule has 0 fully saturated rings.